The maximum Gasteiger partial charge on any atom is 0.0819 e. The lowest BCUT2D eigenvalue weighted by Gasteiger charge is -2.16. The molecule has 15 heavy (non-hydrogen) atoms. The molecule has 1 aromatic carbocycles. The van der Waals surface area contributed by atoms with Crippen molar-refractivity contribution in [1.29, 1.82) is 0 Å². The molecule has 0 bridgehead atoms. The van der Waals surface area contributed by atoms with Crippen LogP contribution in [0.4, 0.5) is 5.69 Å². The molecule has 1 rings (SSSR count). The zero-order valence-corrected chi connectivity index (χ0v) is 10.1. The average Bonchev–Trinajstić information content (AvgIpc) is 2.19. The van der Waals surface area contributed by atoms with E-state index in [2.05, 4.69) is 50.4 Å². The standard InChI is InChI=1S/C13H21NO/c1-5-13(15-4)11-7-6-8-12(9-11)14-10(2)3/h6-10,13-14H,5H2,1-4H3. The van der Waals surface area contributed by atoms with E-state index >= 15 is 0 Å². The molecule has 0 aromatic heterocycles. The van der Waals surface area contributed by atoms with Crippen LogP contribution in [-0.2, 0) is 4.74 Å². The third kappa shape index (κ3) is 3.56. The first kappa shape index (κ1) is 12.1. The van der Waals surface area contributed by atoms with Crippen molar-refractivity contribution in [2.45, 2.75) is 39.3 Å². The molecule has 1 atom stereocenters. The molecule has 0 radical (unpaired) electrons. The van der Waals surface area contributed by atoms with E-state index in [-0.39, 0.29) is 6.10 Å². The molecule has 1 unspecified atom stereocenters. The van der Waals surface area contributed by atoms with Crippen molar-refractivity contribution in [2.24, 2.45) is 0 Å². The zero-order chi connectivity index (χ0) is 11.3. The minimum absolute atomic E-state index is 0.207. The van der Waals surface area contributed by atoms with Gasteiger partial charge in [0.2, 0.25) is 0 Å². The summed E-state index contributed by atoms with van der Waals surface area (Å²) in [7, 11) is 1.76. The molecule has 0 spiro atoms. The topological polar surface area (TPSA) is 21.3 Å². The van der Waals surface area contributed by atoms with Crippen LogP contribution in [0.5, 0.6) is 0 Å². The van der Waals surface area contributed by atoms with Gasteiger partial charge in [0, 0.05) is 18.8 Å². The van der Waals surface area contributed by atoms with Crippen LogP contribution in [0.15, 0.2) is 24.3 Å². The number of nitrogens with one attached hydrogen (secondary N) is 1. The van der Waals surface area contributed by atoms with E-state index < -0.39 is 0 Å². The molecule has 0 fully saturated rings. The monoisotopic (exact) mass is 207 g/mol. The van der Waals surface area contributed by atoms with Crippen molar-refractivity contribution in [3.8, 4) is 0 Å². The van der Waals surface area contributed by atoms with Gasteiger partial charge in [-0.2, -0.15) is 0 Å². The van der Waals surface area contributed by atoms with E-state index in [1.54, 1.807) is 7.11 Å². The highest BCUT2D eigenvalue weighted by Gasteiger charge is 2.07. The lowest BCUT2D eigenvalue weighted by molar-refractivity contribution is 0.100. The van der Waals surface area contributed by atoms with E-state index in [4.69, 9.17) is 4.74 Å². The van der Waals surface area contributed by atoms with Crippen LogP contribution in [0.25, 0.3) is 0 Å². The van der Waals surface area contributed by atoms with Crippen molar-refractivity contribution >= 4 is 5.69 Å². The molecule has 1 N–H and O–H groups in total. The first-order valence-corrected chi connectivity index (χ1v) is 5.56. The van der Waals surface area contributed by atoms with Gasteiger partial charge in [0.05, 0.1) is 6.10 Å². The molecule has 0 aliphatic heterocycles. The average molecular weight is 207 g/mol. The predicted octanol–water partition coefficient (Wildman–Crippen LogP) is 3.60. The number of hydrogen-bond acceptors (Lipinski definition) is 2. The van der Waals surface area contributed by atoms with Gasteiger partial charge in [-0.1, -0.05) is 19.1 Å². The summed E-state index contributed by atoms with van der Waals surface area (Å²) in [5.74, 6) is 0. The normalized spacial score (nSPS) is 12.9. The highest BCUT2D eigenvalue weighted by atomic mass is 16.5. The van der Waals surface area contributed by atoms with Gasteiger partial charge in [-0.3, -0.25) is 0 Å². The van der Waals surface area contributed by atoms with Gasteiger partial charge in [-0.05, 0) is 38.0 Å². The van der Waals surface area contributed by atoms with Gasteiger partial charge in [0.1, 0.15) is 0 Å². The molecule has 84 valence electrons. The van der Waals surface area contributed by atoms with Crippen LogP contribution in [0.1, 0.15) is 38.9 Å². The lowest BCUT2D eigenvalue weighted by atomic mass is 10.1. The van der Waals surface area contributed by atoms with E-state index in [0.717, 1.165) is 12.1 Å². The summed E-state index contributed by atoms with van der Waals surface area (Å²) < 4.78 is 5.42. The largest absolute Gasteiger partial charge is 0.383 e. The Morgan fingerprint density at radius 3 is 2.60 bits per heavy atom. The fraction of sp³-hybridized carbons (Fsp3) is 0.538. The second-order valence-corrected chi connectivity index (χ2v) is 4.06. The first-order chi connectivity index (χ1) is 7.17. The highest BCUT2D eigenvalue weighted by Crippen LogP contribution is 2.23. The number of anilines is 1. The van der Waals surface area contributed by atoms with Crippen LogP contribution < -0.4 is 5.32 Å². The Labute approximate surface area is 92.6 Å². The summed E-state index contributed by atoms with van der Waals surface area (Å²) in [5, 5.41) is 3.39. The van der Waals surface area contributed by atoms with E-state index in [1.165, 1.54) is 5.56 Å². The lowest BCUT2D eigenvalue weighted by Crippen LogP contribution is -2.10. The summed E-state index contributed by atoms with van der Waals surface area (Å²) in [4.78, 5) is 0. The quantitative estimate of drug-likeness (QED) is 0.796. The second-order valence-electron chi connectivity index (χ2n) is 4.06. The fourth-order valence-electron chi connectivity index (χ4n) is 1.70. The van der Waals surface area contributed by atoms with Crippen molar-refractivity contribution in [2.75, 3.05) is 12.4 Å². The van der Waals surface area contributed by atoms with Crippen LogP contribution in [0.3, 0.4) is 0 Å². The van der Waals surface area contributed by atoms with Gasteiger partial charge < -0.3 is 10.1 Å². The third-order valence-electron chi connectivity index (χ3n) is 2.37. The molecule has 0 heterocycles. The van der Waals surface area contributed by atoms with Crippen LogP contribution in [-0.4, -0.2) is 13.2 Å². The van der Waals surface area contributed by atoms with Crippen molar-refractivity contribution in [3.63, 3.8) is 0 Å². The summed E-state index contributed by atoms with van der Waals surface area (Å²) >= 11 is 0. The van der Waals surface area contributed by atoms with Gasteiger partial charge in [-0.15, -0.1) is 0 Å². The number of hydrogen-bond donors (Lipinski definition) is 1. The maximum absolute atomic E-state index is 5.42. The molecule has 2 nitrogen and oxygen atoms in total. The summed E-state index contributed by atoms with van der Waals surface area (Å²) in [6, 6.07) is 8.90. The number of benzene rings is 1. The van der Waals surface area contributed by atoms with Gasteiger partial charge in [0.15, 0.2) is 0 Å². The highest BCUT2D eigenvalue weighted by molar-refractivity contribution is 5.46. The Morgan fingerprint density at radius 1 is 1.33 bits per heavy atom. The minimum atomic E-state index is 0.207. The molecule has 2 heteroatoms. The Kier molecular flexibility index (Phi) is 4.63. The van der Waals surface area contributed by atoms with E-state index in [9.17, 15) is 0 Å². The number of ether oxygens (including phenoxy) is 1. The summed E-state index contributed by atoms with van der Waals surface area (Å²) in [5.41, 5.74) is 2.41. The van der Waals surface area contributed by atoms with E-state index in [0.29, 0.717) is 6.04 Å². The third-order valence-corrected chi connectivity index (χ3v) is 2.37. The maximum atomic E-state index is 5.42. The summed E-state index contributed by atoms with van der Waals surface area (Å²) in [6.07, 6.45) is 1.21. The molecule has 0 saturated carbocycles. The number of methoxy groups -OCH3 is 1. The predicted molar refractivity (Wildman–Crippen MR) is 65.2 cm³/mol. The molecule has 0 aliphatic rings. The van der Waals surface area contributed by atoms with Crippen molar-refractivity contribution in [1.82, 2.24) is 0 Å². The Bertz CT molecular complexity index is 292. The SMILES string of the molecule is CCC(OC)c1cccc(NC(C)C)c1. The molecule has 0 saturated heterocycles. The molecule has 1 aromatic rings. The Morgan fingerprint density at radius 2 is 2.07 bits per heavy atom. The van der Waals surface area contributed by atoms with Crippen molar-refractivity contribution in [3.05, 3.63) is 29.8 Å². The van der Waals surface area contributed by atoms with Crippen LogP contribution in [0, 0.1) is 0 Å². The molecular weight excluding hydrogens is 186 g/mol. The second kappa shape index (κ2) is 5.76. The van der Waals surface area contributed by atoms with Gasteiger partial charge in [-0.25, -0.2) is 0 Å². The molecular formula is C13H21NO. The summed E-state index contributed by atoms with van der Waals surface area (Å²) in [6.45, 7) is 6.41. The Hall–Kier alpha value is -1.02. The first-order valence-electron chi connectivity index (χ1n) is 5.56. The van der Waals surface area contributed by atoms with Crippen molar-refractivity contribution < 1.29 is 4.74 Å². The van der Waals surface area contributed by atoms with E-state index in [1.807, 2.05) is 0 Å². The molecule has 0 aliphatic carbocycles. The number of rotatable bonds is 5. The fourth-order valence-corrected chi connectivity index (χ4v) is 1.70. The van der Waals surface area contributed by atoms with Gasteiger partial charge in [0.25, 0.3) is 0 Å². The minimum Gasteiger partial charge on any atom is -0.383 e. The molecule has 0 amide bonds. The van der Waals surface area contributed by atoms with Crippen LogP contribution >= 0.6 is 0 Å². The van der Waals surface area contributed by atoms with Crippen LogP contribution in [0.2, 0.25) is 0 Å². The zero-order valence-electron chi connectivity index (χ0n) is 10.1. The Balaban J connectivity index is 2.81. The smallest absolute Gasteiger partial charge is 0.0819 e. The van der Waals surface area contributed by atoms with Gasteiger partial charge >= 0.3 is 0 Å².